The van der Waals surface area contributed by atoms with Crippen molar-refractivity contribution >= 4 is 0 Å². The lowest BCUT2D eigenvalue weighted by atomic mass is 9.73. The summed E-state index contributed by atoms with van der Waals surface area (Å²) in [6, 6.07) is 0.570. The van der Waals surface area contributed by atoms with Gasteiger partial charge in [0.25, 0.3) is 0 Å². The van der Waals surface area contributed by atoms with E-state index in [0.717, 1.165) is 19.5 Å². The van der Waals surface area contributed by atoms with E-state index in [1.807, 2.05) is 0 Å². The minimum atomic E-state index is -0.123. The number of nitrogens with one attached hydrogen (secondary N) is 1. The van der Waals surface area contributed by atoms with E-state index in [4.69, 9.17) is 0 Å². The van der Waals surface area contributed by atoms with Gasteiger partial charge in [0.2, 0.25) is 0 Å². The zero-order valence-electron chi connectivity index (χ0n) is 13.7. The number of aliphatic hydroxyl groups is 1. The van der Waals surface area contributed by atoms with Gasteiger partial charge in [-0.3, -0.25) is 0 Å². The minimum Gasteiger partial charge on any atom is -0.392 e. The fourth-order valence-corrected chi connectivity index (χ4v) is 3.85. The molecule has 118 valence electrons. The van der Waals surface area contributed by atoms with Crippen molar-refractivity contribution in [3.63, 3.8) is 0 Å². The van der Waals surface area contributed by atoms with E-state index in [0.29, 0.717) is 17.4 Å². The first kappa shape index (κ1) is 16.3. The SMILES string of the molecule is CC(C)NCC1(CN2CCC(C)C(O)C2)CCCCC1. The Balaban J connectivity index is 1.93. The van der Waals surface area contributed by atoms with Gasteiger partial charge in [-0.15, -0.1) is 0 Å². The van der Waals surface area contributed by atoms with Gasteiger partial charge in [-0.05, 0) is 37.1 Å². The van der Waals surface area contributed by atoms with Crippen LogP contribution in [0, 0.1) is 11.3 Å². The lowest BCUT2D eigenvalue weighted by Gasteiger charge is -2.44. The zero-order chi connectivity index (χ0) is 14.6. The molecule has 0 aromatic heterocycles. The van der Waals surface area contributed by atoms with Crippen LogP contribution in [-0.2, 0) is 0 Å². The minimum absolute atomic E-state index is 0.123. The van der Waals surface area contributed by atoms with E-state index < -0.39 is 0 Å². The molecular weight excluding hydrogens is 248 g/mol. The van der Waals surface area contributed by atoms with Crippen molar-refractivity contribution in [3.05, 3.63) is 0 Å². The molecule has 2 N–H and O–H groups in total. The standard InChI is InChI=1S/C17H34N2O/c1-14(2)18-12-17(8-5-4-6-9-17)13-19-10-7-15(3)16(20)11-19/h14-16,18,20H,4-13H2,1-3H3. The highest BCUT2D eigenvalue weighted by Gasteiger charge is 2.35. The number of β-amino-alcohol motifs (C(OH)–C–C–N with tert-alkyl or cyclic N) is 1. The summed E-state index contributed by atoms with van der Waals surface area (Å²) in [7, 11) is 0. The highest BCUT2D eigenvalue weighted by atomic mass is 16.3. The number of aliphatic hydroxyl groups excluding tert-OH is 1. The second-order valence-corrected chi connectivity index (χ2v) is 7.66. The van der Waals surface area contributed by atoms with Crippen LogP contribution in [0.3, 0.4) is 0 Å². The molecule has 3 nitrogen and oxygen atoms in total. The summed E-state index contributed by atoms with van der Waals surface area (Å²) in [6.45, 7) is 11.0. The van der Waals surface area contributed by atoms with Crippen molar-refractivity contribution in [2.75, 3.05) is 26.2 Å². The average molecular weight is 282 g/mol. The Hall–Kier alpha value is -0.120. The summed E-state index contributed by atoms with van der Waals surface area (Å²) in [5.41, 5.74) is 0.447. The predicted molar refractivity (Wildman–Crippen MR) is 84.9 cm³/mol. The van der Waals surface area contributed by atoms with Crippen LogP contribution >= 0.6 is 0 Å². The molecule has 1 aliphatic carbocycles. The van der Waals surface area contributed by atoms with Gasteiger partial charge in [0.1, 0.15) is 0 Å². The molecule has 0 aromatic rings. The molecule has 2 unspecified atom stereocenters. The zero-order valence-corrected chi connectivity index (χ0v) is 13.7. The fraction of sp³-hybridized carbons (Fsp3) is 1.00. The number of hydrogen-bond acceptors (Lipinski definition) is 3. The van der Waals surface area contributed by atoms with E-state index in [1.165, 1.54) is 45.2 Å². The van der Waals surface area contributed by atoms with Crippen LogP contribution in [0.5, 0.6) is 0 Å². The van der Waals surface area contributed by atoms with Crippen molar-refractivity contribution in [2.45, 2.75) is 71.4 Å². The molecule has 0 amide bonds. The number of piperidine rings is 1. The summed E-state index contributed by atoms with van der Waals surface area (Å²) in [6.07, 6.45) is 7.91. The molecule has 3 heteroatoms. The van der Waals surface area contributed by atoms with Gasteiger partial charge < -0.3 is 15.3 Å². The van der Waals surface area contributed by atoms with Crippen LogP contribution in [0.2, 0.25) is 0 Å². The van der Waals surface area contributed by atoms with Crippen molar-refractivity contribution in [1.82, 2.24) is 10.2 Å². The highest BCUT2D eigenvalue weighted by Crippen LogP contribution is 2.37. The largest absolute Gasteiger partial charge is 0.392 e. The van der Waals surface area contributed by atoms with Gasteiger partial charge >= 0.3 is 0 Å². The predicted octanol–water partition coefficient (Wildman–Crippen LogP) is 2.64. The summed E-state index contributed by atoms with van der Waals surface area (Å²) < 4.78 is 0. The molecule has 2 rings (SSSR count). The van der Waals surface area contributed by atoms with Gasteiger partial charge in [0, 0.05) is 25.7 Å². The quantitative estimate of drug-likeness (QED) is 0.814. The molecule has 1 heterocycles. The van der Waals surface area contributed by atoms with E-state index in [1.54, 1.807) is 0 Å². The molecule has 2 fully saturated rings. The first-order valence-electron chi connectivity index (χ1n) is 8.65. The summed E-state index contributed by atoms with van der Waals surface area (Å²) in [4.78, 5) is 2.53. The number of likely N-dealkylation sites (tertiary alicyclic amines) is 1. The van der Waals surface area contributed by atoms with Crippen LogP contribution in [0.25, 0.3) is 0 Å². The van der Waals surface area contributed by atoms with Gasteiger partial charge in [-0.1, -0.05) is 40.0 Å². The second kappa shape index (κ2) is 7.24. The van der Waals surface area contributed by atoms with Crippen LogP contribution in [0.15, 0.2) is 0 Å². The van der Waals surface area contributed by atoms with Crippen LogP contribution < -0.4 is 5.32 Å². The Bertz CT molecular complexity index is 287. The van der Waals surface area contributed by atoms with Gasteiger partial charge in [0.15, 0.2) is 0 Å². The summed E-state index contributed by atoms with van der Waals surface area (Å²) >= 11 is 0. The van der Waals surface area contributed by atoms with Crippen LogP contribution in [0.4, 0.5) is 0 Å². The van der Waals surface area contributed by atoms with Crippen molar-refractivity contribution < 1.29 is 5.11 Å². The number of rotatable bonds is 5. The molecule has 0 bridgehead atoms. The van der Waals surface area contributed by atoms with Gasteiger partial charge in [-0.2, -0.15) is 0 Å². The second-order valence-electron chi connectivity index (χ2n) is 7.66. The normalized spacial score (nSPS) is 31.6. The van der Waals surface area contributed by atoms with Crippen LogP contribution in [-0.4, -0.2) is 48.3 Å². The molecular formula is C17H34N2O. The molecule has 1 saturated heterocycles. The Morgan fingerprint density at radius 3 is 2.55 bits per heavy atom. The first-order chi connectivity index (χ1) is 9.51. The Kier molecular flexibility index (Phi) is 5.88. The Labute approximate surface area is 125 Å². The lowest BCUT2D eigenvalue weighted by molar-refractivity contribution is 0.00162. The fourth-order valence-electron chi connectivity index (χ4n) is 3.85. The third kappa shape index (κ3) is 4.44. The molecule has 2 aliphatic rings. The smallest absolute Gasteiger partial charge is 0.0693 e. The lowest BCUT2D eigenvalue weighted by Crippen LogP contribution is -2.51. The van der Waals surface area contributed by atoms with E-state index in [-0.39, 0.29) is 6.10 Å². The molecule has 0 radical (unpaired) electrons. The van der Waals surface area contributed by atoms with Gasteiger partial charge in [-0.25, -0.2) is 0 Å². The Morgan fingerprint density at radius 2 is 1.95 bits per heavy atom. The van der Waals surface area contributed by atoms with Crippen LogP contribution in [0.1, 0.15) is 59.3 Å². The molecule has 2 atom stereocenters. The van der Waals surface area contributed by atoms with Gasteiger partial charge in [0.05, 0.1) is 6.10 Å². The topological polar surface area (TPSA) is 35.5 Å². The van der Waals surface area contributed by atoms with E-state index in [2.05, 4.69) is 31.0 Å². The number of hydrogen-bond donors (Lipinski definition) is 2. The molecule has 1 aliphatic heterocycles. The molecule has 20 heavy (non-hydrogen) atoms. The first-order valence-corrected chi connectivity index (χ1v) is 8.65. The maximum absolute atomic E-state index is 10.1. The maximum atomic E-state index is 10.1. The number of nitrogens with zero attached hydrogens (tertiary/aromatic N) is 1. The molecule has 0 spiro atoms. The average Bonchev–Trinajstić information content (AvgIpc) is 2.42. The van der Waals surface area contributed by atoms with E-state index in [9.17, 15) is 5.11 Å². The molecule has 0 aromatic carbocycles. The summed E-state index contributed by atoms with van der Waals surface area (Å²) in [5, 5.41) is 13.8. The van der Waals surface area contributed by atoms with Crippen molar-refractivity contribution in [1.29, 1.82) is 0 Å². The monoisotopic (exact) mass is 282 g/mol. The van der Waals surface area contributed by atoms with Crippen molar-refractivity contribution in [2.24, 2.45) is 11.3 Å². The molecule has 1 saturated carbocycles. The third-order valence-corrected chi connectivity index (χ3v) is 5.36. The highest BCUT2D eigenvalue weighted by molar-refractivity contribution is 4.90. The Morgan fingerprint density at radius 1 is 1.25 bits per heavy atom. The maximum Gasteiger partial charge on any atom is 0.0693 e. The van der Waals surface area contributed by atoms with Crippen molar-refractivity contribution in [3.8, 4) is 0 Å². The van der Waals surface area contributed by atoms with E-state index >= 15 is 0 Å². The third-order valence-electron chi connectivity index (χ3n) is 5.36. The summed E-state index contributed by atoms with van der Waals surface area (Å²) in [5.74, 6) is 0.474.